The number of benzene rings is 4. The van der Waals surface area contributed by atoms with Gasteiger partial charge in [0.1, 0.15) is 34.9 Å². The van der Waals surface area contributed by atoms with Crippen LogP contribution in [0.2, 0.25) is 0 Å². The van der Waals surface area contributed by atoms with Gasteiger partial charge in [-0.3, -0.25) is 14.4 Å². The normalized spacial score (nSPS) is 37.6. The van der Waals surface area contributed by atoms with Gasteiger partial charge in [-0.15, -0.1) is 0 Å². The molecule has 16 rings (SSSR count). The zero-order valence-corrected chi connectivity index (χ0v) is 42.7. The number of amides is 2. The molecule has 2 amide bonds. The van der Waals surface area contributed by atoms with Crippen molar-refractivity contribution >= 4 is 17.6 Å². The van der Waals surface area contributed by atoms with Crippen molar-refractivity contribution in [2.24, 2.45) is 28.1 Å². The van der Waals surface area contributed by atoms with Crippen LogP contribution in [0.5, 0.6) is 17.2 Å². The lowest BCUT2D eigenvalue weighted by Gasteiger charge is -2.73. The van der Waals surface area contributed by atoms with Crippen molar-refractivity contribution in [3.8, 4) is 17.2 Å². The molecule has 0 radical (unpaired) electrons. The Bertz CT molecular complexity index is 3070. The molecular formula is C61H66N2O9. The summed E-state index contributed by atoms with van der Waals surface area (Å²) in [4.78, 5) is 45.1. The number of aliphatic hydroxyl groups is 1. The molecule has 13 atom stereocenters. The number of phenols is 1. The molecule has 2 N–H and O–H groups in total. The van der Waals surface area contributed by atoms with Crippen molar-refractivity contribution in [3.63, 3.8) is 0 Å². The first-order valence-electron chi connectivity index (χ1n) is 26.1. The number of ether oxygens (including phenoxy) is 4. The summed E-state index contributed by atoms with van der Waals surface area (Å²) in [6.07, 6.45) is 12.5. The number of methoxy groups -OCH3 is 2. The smallest absolute Gasteiger partial charge is 0.254 e. The number of hydrogen-bond acceptors (Lipinski definition) is 9. The molecule has 4 aromatic rings. The van der Waals surface area contributed by atoms with Crippen LogP contribution in [-0.2, 0) is 37.9 Å². The van der Waals surface area contributed by atoms with E-state index in [0.717, 1.165) is 40.8 Å². The van der Waals surface area contributed by atoms with Gasteiger partial charge in [0, 0.05) is 78.4 Å². The summed E-state index contributed by atoms with van der Waals surface area (Å²) in [7, 11) is 3.43. The van der Waals surface area contributed by atoms with Crippen LogP contribution in [0.15, 0.2) is 109 Å². The molecule has 4 aliphatic heterocycles. The van der Waals surface area contributed by atoms with Gasteiger partial charge in [-0.05, 0) is 112 Å². The molecule has 12 aliphatic rings. The van der Waals surface area contributed by atoms with Crippen molar-refractivity contribution in [2.75, 3.05) is 27.3 Å². The number of piperidine rings is 2. The van der Waals surface area contributed by atoms with E-state index < -0.39 is 39.2 Å². The topological polar surface area (TPSA) is 135 Å². The van der Waals surface area contributed by atoms with E-state index in [1.165, 1.54) is 11.1 Å². The molecule has 4 heterocycles. The maximum absolute atomic E-state index is 14.0. The van der Waals surface area contributed by atoms with Crippen LogP contribution < -0.4 is 9.47 Å². The lowest BCUT2D eigenvalue weighted by atomic mass is 9.35. The fourth-order valence-electron chi connectivity index (χ4n) is 17.4. The van der Waals surface area contributed by atoms with Crippen LogP contribution in [0, 0.1) is 35.0 Å². The lowest BCUT2D eigenvalue weighted by Crippen LogP contribution is -2.81. The second-order valence-corrected chi connectivity index (χ2v) is 24.2. The maximum atomic E-state index is 14.0. The summed E-state index contributed by atoms with van der Waals surface area (Å²) in [5.41, 5.74) is 2.58. The number of likely N-dealkylation sites (tertiary alicyclic amines) is 2. The van der Waals surface area contributed by atoms with Gasteiger partial charge < -0.3 is 39.0 Å². The first-order chi connectivity index (χ1) is 34.3. The Kier molecular flexibility index (Phi) is 9.42. The predicted molar refractivity (Wildman–Crippen MR) is 270 cm³/mol. The summed E-state index contributed by atoms with van der Waals surface area (Å²) in [5.74, 6) is 1.33. The van der Waals surface area contributed by atoms with Gasteiger partial charge in [-0.1, -0.05) is 99.7 Å². The molecule has 2 saturated carbocycles. The fraction of sp³-hybridized carbons (Fsp3) is 0.492. The molecule has 72 heavy (non-hydrogen) atoms. The molecule has 2 saturated heterocycles. The van der Waals surface area contributed by atoms with E-state index in [2.05, 4.69) is 73.9 Å². The third kappa shape index (κ3) is 5.16. The van der Waals surface area contributed by atoms with Gasteiger partial charge in [-0.25, -0.2) is 0 Å². The highest BCUT2D eigenvalue weighted by Crippen LogP contribution is 2.77. The van der Waals surface area contributed by atoms with Gasteiger partial charge in [0.2, 0.25) is 0 Å². The predicted octanol–water partition coefficient (Wildman–Crippen LogP) is 8.64. The number of carbonyl (C=O) groups is 3. The van der Waals surface area contributed by atoms with E-state index in [0.29, 0.717) is 50.1 Å². The van der Waals surface area contributed by atoms with Crippen LogP contribution in [0.25, 0.3) is 0 Å². The molecule has 0 unspecified atom stereocenters. The van der Waals surface area contributed by atoms with Crippen LogP contribution in [0.1, 0.15) is 109 Å². The molecule has 0 aromatic heterocycles. The molecular weight excluding hydrogens is 905 g/mol. The molecule has 4 fully saturated rings. The number of ketones is 1. The monoisotopic (exact) mass is 970 g/mol. The maximum Gasteiger partial charge on any atom is 0.254 e. The summed E-state index contributed by atoms with van der Waals surface area (Å²) in [6, 6.07) is 27.1. The number of aromatic hydroxyl groups is 1. The quantitative estimate of drug-likeness (QED) is 0.182. The number of aryl methyl sites for hydroxylation is 1. The SMILES string of the molecule is CO[C@]12C=C[C@@]3(C[C@@H]1C(C)=O)[C@H]1Cc4ccc(C)c5c4[C@@]3(CCN1C(=O)c1ccccc1)[C@H]2O5.CO[C@]12C=C[C@@]3(C[C@@H]1[C@](C)(O)C(C)(C)C)[C@H]1Cc4ccc(O)c5c4[C@@]3(CCN1C(=O)c1ccccc1)[C@H]2O5. The second kappa shape index (κ2) is 14.7. The zero-order valence-electron chi connectivity index (χ0n) is 42.7. The molecule has 8 aliphatic carbocycles. The Morgan fingerprint density at radius 1 is 0.653 bits per heavy atom. The first-order valence-corrected chi connectivity index (χ1v) is 26.1. The van der Waals surface area contributed by atoms with Gasteiger partial charge in [0.25, 0.3) is 11.8 Å². The first kappa shape index (κ1) is 46.1. The Labute approximate surface area is 422 Å². The number of carbonyl (C=O) groups excluding carboxylic acids is 3. The number of fused-ring (bicyclic) bond motifs is 2. The third-order valence-electron chi connectivity index (χ3n) is 21.1. The van der Waals surface area contributed by atoms with E-state index in [1.807, 2.05) is 73.7 Å². The van der Waals surface area contributed by atoms with Gasteiger partial charge in [-0.2, -0.15) is 0 Å². The highest BCUT2D eigenvalue weighted by molar-refractivity contribution is 5.96. The van der Waals surface area contributed by atoms with E-state index in [1.54, 1.807) is 27.2 Å². The zero-order chi connectivity index (χ0) is 50.3. The Balaban J connectivity index is 0.000000141. The summed E-state index contributed by atoms with van der Waals surface area (Å²) >= 11 is 0. The standard InChI is InChI=1S/C32H37NO5.C29H29NO4/c1-28(2,3)29(4,36)22-18-30-13-14-32(22,37-5)27-31(30)15-16-33(26(35)19-9-7-6-8-10-19)23(30)17-20-11-12-21(34)25(38-27)24(20)31;1-17-9-10-20-15-22-27-11-12-29(33-3,21(16-27)18(2)31)26-28(27,23(20)24(17)34-26)13-14-30(22)25(32)19-7-5-4-6-8-19/h6-14,22-23,27,34,36H,15-18H2,1-5H3;4-12,21-22,26H,13-16H2,1-3H3/t22-,23-,27-,29+,30-,31+,32-;21-,22-,26-,27-,28+,29-/m11/s1. The van der Waals surface area contributed by atoms with Crippen LogP contribution >= 0.6 is 0 Å². The highest BCUT2D eigenvalue weighted by atomic mass is 16.6. The van der Waals surface area contributed by atoms with E-state index in [-0.39, 0.29) is 64.2 Å². The minimum atomic E-state index is -1.09. The average Bonchev–Trinajstić information content (AvgIpc) is 3.95. The molecule has 4 spiro atoms. The van der Waals surface area contributed by atoms with Crippen molar-refractivity contribution in [1.82, 2.24) is 9.80 Å². The van der Waals surface area contributed by atoms with Crippen LogP contribution in [-0.4, -0.2) is 106 Å². The van der Waals surface area contributed by atoms with Crippen molar-refractivity contribution in [1.29, 1.82) is 0 Å². The summed E-state index contributed by atoms with van der Waals surface area (Å²) in [6.45, 7) is 13.2. The fourth-order valence-corrected chi connectivity index (χ4v) is 17.4. The average molecular weight is 971 g/mol. The number of phenolic OH excluding ortho intramolecular Hbond substituents is 1. The van der Waals surface area contributed by atoms with Gasteiger partial charge in [0.15, 0.2) is 11.5 Å². The lowest BCUT2D eigenvalue weighted by molar-refractivity contribution is -0.260. The molecule has 11 heteroatoms. The molecule has 8 bridgehead atoms. The van der Waals surface area contributed by atoms with Gasteiger partial charge in [0.05, 0.1) is 22.3 Å². The largest absolute Gasteiger partial charge is 0.504 e. The van der Waals surface area contributed by atoms with E-state index >= 15 is 0 Å². The number of hydrogen-bond donors (Lipinski definition) is 2. The minimum absolute atomic E-state index is 0.0329. The van der Waals surface area contributed by atoms with Crippen LogP contribution in [0.3, 0.4) is 0 Å². The highest BCUT2D eigenvalue weighted by Gasteiger charge is 2.82. The minimum Gasteiger partial charge on any atom is -0.504 e. The van der Waals surface area contributed by atoms with Crippen molar-refractivity contribution in [3.05, 3.63) is 148 Å². The van der Waals surface area contributed by atoms with Crippen molar-refractivity contribution < 1.29 is 43.5 Å². The third-order valence-corrected chi connectivity index (χ3v) is 21.1. The Hall–Kier alpha value is -5.75. The Morgan fingerprint density at radius 2 is 1.14 bits per heavy atom. The number of rotatable bonds is 6. The molecule has 4 aromatic carbocycles. The second-order valence-electron chi connectivity index (χ2n) is 24.2. The van der Waals surface area contributed by atoms with Crippen LogP contribution in [0.4, 0.5) is 0 Å². The summed E-state index contributed by atoms with van der Waals surface area (Å²) in [5, 5.41) is 23.2. The van der Waals surface area contributed by atoms with E-state index in [4.69, 9.17) is 18.9 Å². The van der Waals surface area contributed by atoms with E-state index in [9.17, 15) is 24.6 Å². The summed E-state index contributed by atoms with van der Waals surface area (Å²) < 4.78 is 26.4. The Morgan fingerprint density at radius 3 is 1.67 bits per heavy atom. The number of nitrogens with zero attached hydrogens (tertiary/aromatic N) is 2. The molecule has 11 nitrogen and oxygen atoms in total. The van der Waals surface area contributed by atoms with Crippen molar-refractivity contribution in [2.45, 2.75) is 132 Å². The van der Waals surface area contributed by atoms with Gasteiger partial charge >= 0.3 is 0 Å². The number of Topliss-reactive ketones (excluding diaryl/α,β-unsaturated/α-hetero) is 1. The molecule has 374 valence electrons.